The average Bonchev–Trinajstić information content (AvgIpc) is 3.19. The number of anilines is 1. The topological polar surface area (TPSA) is 99.1 Å². The normalized spacial score (nSPS) is 10.7. The summed E-state index contributed by atoms with van der Waals surface area (Å²) in [6.07, 6.45) is 5.38. The number of ketones is 1. The van der Waals surface area contributed by atoms with Gasteiger partial charge in [0.05, 0.1) is 5.52 Å². The number of hydrogen-bond donors (Lipinski definition) is 1. The zero-order chi connectivity index (χ0) is 19.6. The van der Waals surface area contributed by atoms with Crippen molar-refractivity contribution in [1.82, 2.24) is 24.6 Å². The number of aromatic nitrogens is 5. The number of nitrogens with two attached hydrogens (primary N) is 1. The molecule has 0 aromatic carbocycles. The van der Waals surface area contributed by atoms with E-state index in [9.17, 15) is 4.79 Å². The van der Waals surface area contributed by atoms with Crippen LogP contribution in [0.15, 0.2) is 36.9 Å². The summed E-state index contributed by atoms with van der Waals surface area (Å²) in [7, 11) is 0. The van der Waals surface area contributed by atoms with Crippen molar-refractivity contribution < 1.29 is 4.79 Å². The molecular weight excluding hydrogens is 340 g/mol. The molecule has 0 unspecified atom stereocenters. The van der Waals surface area contributed by atoms with Crippen LogP contribution in [0.5, 0.6) is 0 Å². The van der Waals surface area contributed by atoms with E-state index >= 15 is 0 Å². The van der Waals surface area contributed by atoms with Gasteiger partial charge in [0.1, 0.15) is 17.8 Å². The lowest BCUT2D eigenvalue weighted by molar-refractivity contribution is 0.0983. The van der Waals surface area contributed by atoms with Gasteiger partial charge in [-0.25, -0.2) is 14.5 Å². The van der Waals surface area contributed by atoms with Crippen molar-refractivity contribution >= 4 is 28.2 Å². The zero-order valence-corrected chi connectivity index (χ0v) is 15.9. The molecule has 0 aliphatic heterocycles. The molecule has 0 spiro atoms. The van der Waals surface area contributed by atoms with Crippen molar-refractivity contribution in [1.29, 1.82) is 0 Å². The number of nitrogens with zero attached hydrogens (tertiary/aromatic N) is 5. The molecule has 0 radical (unpaired) electrons. The second-order valence-corrected chi connectivity index (χ2v) is 5.88. The fourth-order valence-electron chi connectivity index (χ4n) is 2.96. The molecule has 0 saturated carbocycles. The van der Waals surface area contributed by atoms with Crippen molar-refractivity contribution in [2.24, 2.45) is 0 Å². The Bertz CT molecular complexity index is 1130. The minimum atomic E-state index is 0.0282. The molecule has 2 N–H and O–H groups in total. The van der Waals surface area contributed by atoms with E-state index in [1.54, 1.807) is 23.0 Å². The van der Waals surface area contributed by atoms with E-state index in [1.165, 1.54) is 6.33 Å². The first kappa shape index (κ1) is 18.4. The molecular formula is C20H22N6O. The average molecular weight is 362 g/mol. The molecule has 0 atom stereocenters. The standard InChI is InChI=1S/C18H16N6O.C2H6/c1-3-16(25)14-4-10(2)13(8-20-14)12-5-11-7-21-17(19)6-15(11)24-18(12)22-9-23-24;1-2/h4-9H,3H2,1-2H3,(H2,19,21);1-2H3. The Morgan fingerprint density at radius 1 is 1.07 bits per heavy atom. The second-order valence-electron chi connectivity index (χ2n) is 5.88. The molecule has 4 aromatic rings. The summed E-state index contributed by atoms with van der Waals surface area (Å²) in [5.74, 6) is 0.456. The van der Waals surface area contributed by atoms with Crippen LogP contribution < -0.4 is 5.73 Å². The molecule has 4 heterocycles. The van der Waals surface area contributed by atoms with Crippen molar-refractivity contribution in [3.05, 3.63) is 48.2 Å². The Labute approximate surface area is 157 Å². The predicted octanol–water partition coefficient (Wildman–Crippen LogP) is 3.85. The van der Waals surface area contributed by atoms with Gasteiger partial charge in [-0.3, -0.25) is 9.78 Å². The quantitative estimate of drug-likeness (QED) is 0.556. The molecule has 0 amide bonds. The van der Waals surface area contributed by atoms with Crippen LogP contribution >= 0.6 is 0 Å². The monoisotopic (exact) mass is 362 g/mol. The maximum atomic E-state index is 11.9. The predicted molar refractivity (Wildman–Crippen MR) is 107 cm³/mol. The van der Waals surface area contributed by atoms with Gasteiger partial charge in [-0.05, 0) is 24.6 Å². The lowest BCUT2D eigenvalue weighted by Crippen LogP contribution is -2.02. The number of rotatable bonds is 3. The van der Waals surface area contributed by atoms with Gasteiger partial charge in [-0.15, -0.1) is 0 Å². The molecule has 138 valence electrons. The summed E-state index contributed by atoms with van der Waals surface area (Å²) in [5, 5.41) is 5.21. The van der Waals surface area contributed by atoms with Crippen LogP contribution in [0.2, 0.25) is 0 Å². The van der Waals surface area contributed by atoms with Crippen LogP contribution in [0.3, 0.4) is 0 Å². The summed E-state index contributed by atoms with van der Waals surface area (Å²) in [6.45, 7) is 7.79. The number of aryl methyl sites for hydroxylation is 1. The van der Waals surface area contributed by atoms with E-state index in [-0.39, 0.29) is 5.78 Å². The summed E-state index contributed by atoms with van der Waals surface area (Å²) >= 11 is 0. The Hall–Kier alpha value is -3.35. The smallest absolute Gasteiger partial charge is 0.180 e. The fraction of sp³-hybridized carbons (Fsp3) is 0.250. The minimum absolute atomic E-state index is 0.0282. The first-order valence-corrected chi connectivity index (χ1v) is 8.96. The van der Waals surface area contributed by atoms with Crippen LogP contribution in [0.25, 0.3) is 27.7 Å². The largest absolute Gasteiger partial charge is 0.384 e. The van der Waals surface area contributed by atoms with Crippen LogP contribution in [0, 0.1) is 6.92 Å². The first-order chi connectivity index (χ1) is 13.1. The third-order valence-corrected chi connectivity index (χ3v) is 4.26. The number of carbonyl (C=O) groups is 1. The lowest BCUT2D eigenvalue weighted by Gasteiger charge is -2.10. The highest BCUT2D eigenvalue weighted by atomic mass is 16.1. The van der Waals surface area contributed by atoms with E-state index in [0.29, 0.717) is 23.6 Å². The number of pyridine rings is 3. The second kappa shape index (κ2) is 7.49. The van der Waals surface area contributed by atoms with Crippen molar-refractivity contribution in [3.8, 4) is 11.1 Å². The third kappa shape index (κ3) is 3.23. The van der Waals surface area contributed by atoms with E-state index in [4.69, 9.17) is 5.73 Å². The number of Topliss-reactive ketones (excluding diaryl/α,β-unsaturated/α-hetero) is 1. The van der Waals surface area contributed by atoms with E-state index < -0.39 is 0 Å². The van der Waals surface area contributed by atoms with Gasteiger partial charge in [0.25, 0.3) is 0 Å². The van der Waals surface area contributed by atoms with Gasteiger partial charge in [-0.1, -0.05) is 20.8 Å². The van der Waals surface area contributed by atoms with Crippen molar-refractivity contribution in [2.75, 3.05) is 5.73 Å². The summed E-state index contributed by atoms with van der Waals surface area (Å²) in [5.41, 5.74) is 10.6. The highest BCUT2D eigenvalue weighted by Gasteiger charge is 2.15. The minimum Gasteiger partial charge on any atom is -0.384 e. The molecule has 27 heavy (non-hydrogen) atoms. The van der Waals surface area contributed by atoms with Gasteiger partial charge in [-0.2, -0.15) is 5.10 Å². The van der Waals surface area contributed by atoms with Gasteiger partial charge < -0.3 is 5.73 Å². The van der Waals surface area contributed by atoms with Gasteiger partial charge in [0.15, 0.2) is 11.4 Å². The molecule has 7 heteroatoms. The van der Waals surface area contributed by atoms with Crippen LogP contribution in [0.4, 0.5) is 5.82 Å². The van der Waals surface area contributed by atoms with Crippen LogP contribution in [-0.4, -0.2) is 30.3 Å². The Morgan fingerprint density at radius 3 is 2.56 bits per heavy atom. The summed E-state index contributed by atoms with van der Waals surface area (Å²) in [6, 6.07) is 5.59. The number of hydrogen-bond acceptors (Lipinski definition) is 6. The SMILES string of the molecule is CC.CCC(=O)c1cc(C)c(-c2cc3cnc(N)cc3n3ncnc23)cn1. The third-order valence-electron chi connectivity index (χ3n) is 4.26. The number of nitrogen functional groups attached to an aromatic ring is 1. The molecule has 0 saturated heterocycles. The maximum absolute atomic E-state index is 11.9. The summed E-state index contributed by atoms with van der Waals surface area (Å²) < 4.78 is 1.74. The molecule has 7 nitrogen and oxygen atoms in total. The summed E-state index contributed by atoms with van der Waals surface area (Å²) in [4.78, 5) is 24.8. The van der Waals surface area contributed by atoms with E-state index in [0.717, 1.165) is 27.6 Å². The highest BCUT2D eigenvalue weighted by molar-refractivity contribution is 5.96. The zero-order valence-electron chi connectivity index (χ0n) is 15.9. The van der Waals surface area contributed by atoms with Crippen molar-refractivity contribution in [2.45, 2.75) is 34.1 Å². The highest BCUT2D eigenvalue weighted by Crippen LogP contribution is 2.30. The van der Waals surface area contributed by atoms with Crippen molar-refractivity contribution in [3.63, 3.8) is 0 Å². The Morgan fingerprint density at radius 2 is 1.85 bits per heavy atom. The molecule has 0 aliphatic rings. The Kier molecular flexibility index (Phi) is 5.12. The first-order valence-electron chi connectivity index (χ1n) is 8.96. The number of carbonyl (C=O) groups excluding carboxylic acids is 1. The molecule has 0 aliphatic carbocycles. The van der Waals surface area contributed by atoms with E-state index in [1.807, 2.05) is 39.8 Å². The maximum Gasteiger partial charge on any atom is 0.180 e. The Balaban J connectivity index is 0.00000102. The molecule has 4 rings (SSSR count). The number of fused-ring (bicyclic) bond motifs is 3. The van der Waals surface area contributed by atoms with Gasteiger partial charge in [0.2, 0.25) is 0 Å². The van der Waals surface area contributed by atoms with Gasteiger partial charge >= 0.3 is 0 Å². The molecule has 4 aromatic heterocycles. The van der Waals surface area contributed by atoms with Crippen LogP contribution in [-0.2, 0) is 0 Å². The molecule has 0 fully saturated rings. The van der Waals surface area contributed by atoms with Crippen LogP contribution in [0.1, 0.15) is 43.2 Å². The van der Waals surface area contributed by atoms with E-state index in [2.05, 4.69) is 20.1 Å². The van der Waals surface area contributed by atoms with Gasteiger partial charge in [0, 0.05) is 41.4 Å². The lowest BCUT2D eigenvalue weighted by atomic mass is 10.0. The fourth-order valence-corrected chi connectivity index (χ4v) is 2.96. The molecule has 0 bridgehead atoms.